The highest BCUT2D eigenvalue weighted by Crippen LogP contribution is 2.25. The molecule has 0 heterocycles. The smallest absolute Gasteiger partial charge is 0.00290 e. The van der Waals surface area contributed by atoms with Crippen molar-refractivity contribution >= 4 is 33.7 Å². The highest BCUT2D eigenvalue weighted by Gasteiger charge is 2.04. The Labute approximate surface area is 154 Å². The zero-order chi connectivity index (χ0) is 17.4. The molecule has 1 rings (SSSR count). The Balaban J connectivity index is 2.78. The molecule has 0 aliphatic rings. The summed E-state index contributed by atoms with van der Waals surface area (Å²) in [4.78, 5) is 0. The molecular weight excluding hydrogens is 391 g/mol. The number of hydrogen-bond donors (Lipinski definition) is 0. The number of allylic oxidation sites excluding steroid dienone is 8. The lowest BCUT2D eigenvalue weighted by atomic mass is 9.94. The van der Waals surface area contributed by atoms with Gasteiger partial charge in [0.25, 0.3) is 0 Å². The fourth-order valence-corrected chi connectivity index (χ4v) is 2.38. The quantitative estimate of drug-likeness (QED) is 0.319. The molecule has 1 aromatic carbocycles. The van der Waals surface area contributed by atoms with E-state index in [0.717, 1.165) is 28.7 Å². The Morgan fingerprint density at radius 1 is 1.00 bits per heavy atom. The van der Waals surface area contributed by atoms with Crippen molar-refractivity contribution in [1.29, 1.82) is 0 Å². The molecule has 0 atom stereocenters. The third-order valence-electron chi connectivity index (χ3n) is 3.65. The van der Waals surface area contributed by atoms with Gasteiger partial charge < -0.3 is 0 Å². The molecule has 0 amide bonds. The lowest BCUT2D eigenvalue weighted by Crippen LogP contribution is -1.90. The number of halogens is 1. The largest absolute Gasteiger partial charge is 0.0955 e. The Hall–Kier alpha value is -1.61. The summed E-state index contributed by atoms with van der Waals surface area (Å²) in [5.74, 6) is 0. The maximum Gasteiger partial charge on any atom is -0.00290 e. The summed E-state index contributed by atoms with van der Waals surface area (Å²) in [6.07, 6.45) is 7.07. The first-order chi connectivity index (χ1) is 10.8. The highest BCUT2D eigenvalue weighted by atomic mass is 127. The second-order valence-corrected chi connectivity index (χ2v) is 6.52. The molecule has 1 aromatic rings. The number of hydrogen-bond acceptors (Lipinski definition) is 0. The van der Waals surface area contributed by atoms with Gasteiger partial charge >= 0.3 is 0 Å². The lowest BCUT2D eigenvalue weighted by molar-refractivity contribution is 1.22. The van der Waals surface area contributed by atoms with Crippen LogP contribution in [0.15, 0.2) is 83.0 Å². The maximum atomic E-state index is 4.21. The summed E-state index contributed by atoms with van der Waals surface area (Å²) in [6, 6.07) is 8.40. The van der Waals surface area contributed by atoms with Gasteiger partial charge in [-0.2, -0.15) is 0 Å². The Bertz CT molecular complexity index is 679. The van der Waals surface area contributed by atoms with Crippen LogP contribution in [0.4, 0.5) is 0 Å². The Morgan fingerprint density at radius 3 is 2.09 bits per heavy atom. The zero-order valence-corrected chi connectivity index (χ0v) is 16.5. The fourth-order valence-electron chi connectivity index (χ4n) is 2.17. The molecule has 0 aliphatic heterocycles. The second kappa shape index (κ2) is 9.51. The Kier molecular flexibility index (Phi) is 8.04. The van der Waals surface area contributed by atoms with Crippen LogP contribution < -0.4 is 0 Å². The summed E-state index contributed by atoms with van der Waals surface area (Å²) in [5, 5.41) is 0. The van der Waals surface area contributed by atoms with E-state index in [0.29, 0.717) is 0 Å². The minimum atomic E-state index is 0.782. The lowest BCUT2D eigenvalue weighted by Gasteiger charge is -2.11. The van der Waals surface area contributed by atoms with Gasteiger partial charge in [0.2, 0.25) is 0 Å². The van der Waals surface area contributed by atoms with Gasteiger partial charge in [0.15, 0.2) is 0 Å². The van der Waals surface area contributed by atoms with E-state index in [-0.39, 0.29) is 0 Å². The molecule has 0 spiro atoms. The van der Waals surface area contributed by atoms with Crippen molar-refractivity contribution in [3.63, 3.8) is 0 Å². The molecule has 0 aromatic heterocycles. The highest BCUT2D eigenvalue weighted by molar-refractivity contribution is 14.1. The van der Waals surface area contributed by atoms with Gasteiger partial charge in [-0.15, -0.1) is 0 Å². The van der Waals surface area contributed by atoms with Gasteiger partial charge in [0.1, 0.15) is 0 Å². The van der Waals surface area contributed by atoms with Crippen LogP contribution in [0.2, 0.25) is 0 Å². The van der Waals surface area contributed by atoms with Crippen LogP contribution in [0.25, 0.3) is 11.1 Å². The van der Waals surface area contributed by atoms with Gasteiger partial charge in [-0.25, -0.2) is 0 Å². The van der Waals surface area contributed by atoms with E-state index >= 15 is 0 Å². The molecule has 0 saturated heterocycles. The van der Waals surface area contributed by atoms with E-state index < -0.39 is 0 Å². The summed E-state index contributed by atoms with van der Waals surface area (Å²) >= 11 is 2.22. The van der Waals surface area contributed by atoms with Gasteiger partial charge in [-0.3, -0.25) is 0 Å². The standard InChI is InChI=1S/C22H25I/c1-16(2)21-9-11-22(12-10-21)20(6)15-19(5)18(4)14-17(3)8-7-13-23/h7-14H,1,5-6,15H2,2-4H3/b13-7-,17-8+,18-14-. The monoisotopic (exact) mass is 416 g/mol. The van der Waals surface area contributed by atoms with E-state index in [1.807, 2.05) is 17.1 Å². The van der Waals surface area contributed by atoms with E-state index in [2.05, 4.69) is 92.6 Å². The van der Waals surface area contributed by atoms with E-state index in [1.165, 1.54) is 16.7 Å². The molecule has 1 heteroatoms. The van der Waals surface area contributed by atoms with Crippen molar-refractivity contribution in [2.45, 2.75) is 27.2 Å². The number of rotatable bonds is 7. The van der Waals surface area contributed by atoms with Crippen LogP contribution in [0, 0.1) is 0 Å². The van der Waals surface area contributed by atoms with E-state index in [4.69, 9.17) is 0 Å². The molecule has 0 N–H and O–H groups in total. The molecule has 0 unspecified atom stereocenters. The average Bonchev–Trinajstić information content (AvgIpc) is 2.52. The van der Waals surface area contributed by atoms with Crippen LogP contribution >= 0.6 is 22.6 Å². The topological polar surface area (TPSA) is 0 Å². The van der Waals surface area contributed by atoms with Gasteiger partial charge in [-0.1, -0.05) is 96.0 Å². The maximum absolute atomic E-state index is 4.21. The third kappa shape index (κ3) is 6.57. The summed E-state index contributed by atoms with van der Waals surface area (Å²) in [7, 11) is 0. The van der Waals surface area contributed by atoms with Crippen molar-refractivity contribution < 1.29 is 0 Å². The van der Waals surface area contributed by atoms with Crippen LogP contribution in [0.3, 0.4) is 0 Å². The van der Waals surface area contributed by atoms with E-state index in [9.17, 15) is 0 Å². The predicted molar refractivity (Wildman–Crippen MR) is 115 cm³/mol. The molecule has 0 radical (unpaired) electrons. The zero-order valence-electron chi connectivity index (χ0n) is 14.3. The number of benzene rings is 1. The van der Waals surface area contributed by atoms with Gasteiger partial charge in [-0.05, 0) is 59.1 Å². The summed E-state index contributed by atoms with van der Waals surface area (Å²) < 4.78 is 2.00. The molecule has 0 bridgehead atoms. The molecule has 23 heavy (non-hydrogen) atoms. The van der Waals surface area contributed by atoms with Crippen LogP contribution in [-0.4, -0.2) is 0 Å². The van der Waals surface area contributed by atoms with Crippen molar-refractivity contribution in [3.8, 4) is 0 Å². The Morgan fingerprint density at radius 2 is 1.57 bits per heavy atom. The predicted octanol–water partition coefficient (Wildman–Crippen LogP) is 7.52. The van der Waals surface area contributed by atoms with E-state index in [1.54, 1.807) is 0 Å². The molecule has 0 nitrogen and oxygen atoms in total. The average molecular weight is 416 g/mol. The van der Waals surface area contributed by atoms with Crippen molar-refractivity contribution in [2.75, 3.05) is 0 Å². The fraction of sp³-hybridized carbons (Fsp3) is 0.182. The molecule has 0 fully saturated rings. The third-order valence-corrected chi connectivity index (χ3v) is 4.06. The van der Waals surface area contributed by atoms with Crippen LogP contribution in [0.5, 0.6) is 0 Å². The van der Waals surface area contributed by atoms with Gasteiger partial charge in [0.05, 0.1) is 0 Å². The summed E-state index contributed by atoms with van der Waals surface area (Å²) in [5.41, 5.74) is 8.00. The normalized spacial score (nSPS) is 12.5. The first-order valence-electron chi connectivity index (χ1n) is 7.59. The summed E-state index contributed by atoms with van der Waals surface area (Å²) in [6.45, 7) is 18.6. The second-order valence-electron chi connectivity index (χ2n) is 5.80. The first-order valence-corrected chi connectivity index (χ1v) is 8.84. The van der Waals surface area contributed by atoms with Crippen LogP contribution in [-0.2, 0) is 0 Å². The molecule has 0 aliphatic carbocycles. The minimum absolute atomic E-state index is 0.782. The molecular formula is C22H25I. The van der Waals surface area contributed by atoms with Crippen molar-refractivity contribution in [2.24, 2.45) is 0 Å². The van der Waals surface area contributed by atoms with Gasteiger partial charge in [0, 0.05) is 0 Å². The first kappa shape index (κ1) is 19.4. The minimum Gasteiger partial charge on any atom is -0.0955 e. The SMILES string of the molecule is C=C(CC(=C)c1ccc(C(=C)C)cc1)\C(C)=C/C(C)=C/C=C\I. The van der Waals surface area contributed by atoms with Crippen molar-refractivity contribution in [1.82, 2.24) is 0 Å². The van der Waals surface area contributed by atoms with Crippen molar-refractivity contribution in [3.05, 3.63) is 94.2 Å². The molecule has 0 saturated carbocycles. The van der Waals surface area contributed by atoms with Crippen LogP contribution in [0.1, 0.15) is 38.3 Å². The molecule has 120 valence electrons.